The van der Waals surface area contributed by atoms with Gasteiger partial charge in [-0.05, 0) is 44.4 Å². The van der Waals surface area contributed by atoms with Crippen LogP contribution in [0.5, 0.6) is 0 Å². The molecule has 0 unspecified atom stereocenters. The van der Waals surface area contributed by atoms with Crippen molar-refractivity contribution < 1.29 is 9.21 Å². The highest BCUT2D eigenvalue weighted by Gasteiger charge is 2.15. The minimum atomic E-state index is -0.142. The van der Waals surface area contributed by atoms with Gasteiger partial charge in [0.2, 0.25) is 11.8 Å². The van der Waals surface area contributed by atoms with Gasteiger partial charge >= 0.3 is 0 Å². The van der Waals surface area contributed by atoms with Crippen molar-refractivity contribution in [1.29, 1.82) is 0 Å². The third-order valence-corrected chi connectivity index (χ3v) is 4.93. The molecule has 3 aromatic heterocycles. The molecule has 136 valence electrons. The molecule has 0 fully saturated rings. The fourth-order valence-electron chi connectivity index (χ4n) is 2.65. The van der Waals surface area contributed by atoms with Crippen LogP contribution in [0.3, 0.4) is 0 Å². The van der Waals surface area contributed by atoms with Crippen LogP contribution in [0.25, 0.3) is 10.8 Å². The van der Waals surface area contributed by atoms with Crippen molar-refractivity contribution in [3.63, 3.8) is 0 Å². The summed E-state index contributed by atoms with van der Waals surface area (Å²) in [5.41, 5.74) is 1.32. The minimum Gasteiger partial charge on any atom is -0.440 e. The first-order chi connectivity index (χ1) is 12.6. The molecule has 0 aliphatic heterocycles. The highest BCUT2D eigenvalue weighted by molar-refractivity contribution is 7.13. The standard InChI is InChI=1S/C19H22N4O2S/c1-4-23(5-2)17-9-8-14(12-20-17)21-18(24)11-15-13(3)25-19(22-15)16-7-6-10-26-16/h6-10,12H,4-5,11H2,1-3H3,(H,21,24). The van der Waals surface area contributed by atoms with Crippen LogP contribution in [0.15, 0.2) is 40.3 Å². The summed E-state index contributed by atoms with van der Waals surface area (Å²) >= 11 is 1.56. The summed E-state index contributed by atoms with van der Waals surface area (Å²) in [4.78, 5) is 24.3. The van der Waals surface area contributed by atoms with E-state index in [1.165, 1.54) is 0 Å². The zero-order valence-corrected chi connectivity index (χ0v) is 16.0. The molecular formula is C19H22N4O2S. The summed E-state index contributed by atoms with van der Waals surface area (Å²) in [5, 5.41) is 4.83. The van der Waals surface area contributed by atoms with E-state index in [2.05, 4.69) is 34.0 Å². The molecule has 3 rings (SSSR count). The summed E-state index contributed by atoms with van der Waals surface area (Å²) in [6, 6.07) is 7.67. The van der Waals surface area contributed by atoms with Gasteiger partial charge in [0.15, 0.2) is 0 Å². The average Bonchev–Trinajstić information content (AvgIpc) is 3.28. The lowest BCUT2D eigenvalue weighted by Crippen LogP contribution is -2.23. The number of amides is 1. The molecule has 1 N–H and O–H groups in total. The second-order valence-electron chi connectivity index (χ2n) is 5.80. The molecule has 0 saturated carbocycles. The summed E-state index contributed by atoms with van der Waals surface area (Å²) in [7, 11) is 0. The quantitative estimate of drug-likeness (QED) is 0.677. The minimum absolute atomic E-state index is 0.142. The second-order valence-corrected chi connectivity index (χ2v) is 6.75. The summed E-state index contributed by atoms with van der Waals surface area (Å²) in [6.07, 6.45) is 1.84. The van der Waals surface area contributed by atoms with Gasteiger partial charge in [-0.3, -0.25) is 4.79 Å². The Balaban J connectivity index is 1.64. The van der Waals surface area contributed by atoms with E-state index >= 15 is 0 Å². The van der Waals surface area contributed by atoms with Gasteiger partial charge < -0.3 is 14.6 Å². The number of hydrogen-bond donors (Lipinski definition) is 1. The molecule has 7 heteroatoms. The van der Waals surface area contributed by atoms with Gasteiger partial charge in [-0.2, -0.15) is 0 Å². The summed E-state index contributed by atoms with van der Waals surface area (Å²) in [5.74, 6) is 1.99. The number of aromatic nitrogens is 2. The first-order valence-electron chi connectivity index (χ1n) is 8.61. The highest BCUT2D eigenvalue weighted by Crippen LogP contribution is 2.26. The zero-order chi connectivity index (χ0) is 18.5. The fraction of sp³-hybridized carbons (Fsp3) is 0.316. The molecule has 0 aliphatic carbocycles. The number of rotatable bonds is 7. The average molecular weight is 370 g/mol. The van der Waals surface area contributed by atoms with Gasteiger partial charge in [0.05, 0.1) is 28.9 Å². The fourth-order valence-corrected chi connectivity index (χ4v) is 3.30. The SMILES string of the molecule is CCN(CC)c1ccc(NC(=O)Cc2nc(-c3cccs3)oc2C)cn1. The number of nitrogens with one attached hydrogen (secondary N) is 1. The van der Waals surface area contributed by atoms with Crippen LogP contribution in [0.4, 0.5) is 11.5 Å². The van der Waals surface area contributed by atoms with E-state index in [4.69, 9.17) is 4.42 Å². The first-order valence-corrected chi connectivity index (χ1v) is 9.49. The highest BCUT2D eigenvalue weighted by atomic mass is 32.1. The normalized spacial score (nSPS) is 10.7. The van der Waals surface area contributed by atoms with Crippen LogP contribution in [0.1, 0.15) is 25.3 Å². The molecule has 0 spiro atoms. The van der Waals surface area contributed by atoms with Gasteiger partial charge in [0.25, 0.3) is 0 Å². The maximum atomic E-state index is 12.3. The lowest BCUT2D eigenvalue weighted by Gasteiger charge is -2.19. The van der Waals surface area contributed by atoms with Crippen LogP contribution >= 0.6 is 11.3 Å². The summed E-state index contributed by atoms with van der Waals surface area (Å²) < 4.78 is 5.68. The van der Waals surface area contributed by atoms with Crippen LogP contribution < -0.4 is 10.2 Å². The van der Waals surface area contributed by atoms with Crippen LogP contribution in [0.2, 0.25) is 0 Å². The van der Waals surface area contributed by atoms with Crippen molar-refractivity contribution in [2.75, 3.05) is 23.3 Å². The number of pyridine rings is 1. The van der Waals surface area contributed by atoms with Crippen molar-refractivity contribution in [3.05, 3.63) is 47.3 Å². The predicted molar refractivity (Wildman–Crippen MR) is 105 cm³/mol. The Morgan fingerprint density at radius 3 is 2.69 bits per heavy atom. The van der Waals surface area contributed by atoms with Crippen molar-refractivity contribution in [3.8, 4) is 10.8 Å². The number of anilines is 2. The van der Waals surface area contributed by atoms with Crippen molar-refractivity contribution in [2.45, 2.75) is 27.2 Å². The van der Waals surface area contributed by atoms with Gasteiger partial charge in [-0.15, -0.1) is 11.3 Å². The van der Waals surface area contributed by atoms with Crippen molar-refractivity contribution >= 4 is 28.7 Å². The second kappa shape index (κ2) is 8.14. The number of thiophene rings is 1. The number of nitrogens with zero attached hydrogens (tertiary/aromatic N) is 3. The van der Waals surface area contributed by atoms with E-state index < -0.39 is 0 Å². The Hall–Kier alpha value is -2.67. The molecule has 3 aromatic rings. The predicted octanol–water partition coefficient (Wildman–Crippen LogP) is 4.13. The largest absolute Gasteiger partial charge is 0.440 e. The smallest absolute Gasteiger partial charge is 0.236 e. The molecule has 0 bridgehead atoms. The van der Waals surface area contributed by atoms with Gasteiger partial charge in [0.1, 0.15) is 11.6 Å². The number of oxazole rings is 1. The van der Waals surface area contributed by atoms with Crippen LogP contribution in [-0.2, 0) is 11.2 Å². The Labute approximate surface area is 156 Å². The third kappa shape index (κ3) is 4.11. The number of carbonyl (C=O) groups is 1. The zero-order valence-electron chi connectivity index (χ0n) is 15.2. The number of aryl methyl sites for hydroxylation is 1. The Kier molecular flexibility index (Phi) is 5.68. The van der Waals surface area contributed by atoms with E-state index in [9.17, 15) is 4.79 Å². The maximum Gasteiger partial charge on any atom is 0.236 e. The van der Waals surface area contributed by atoms with E-state index in [0.29, 0.717) is 23.0 Å². The van der Waals surface area contributed by atoms with Gasteiger partial charge in [0, 0.05) is 13.1 Å². The molecule has 0 saturated heterocycles. The lowest BCUT2D eigenvalue weighted by atomic mass is 10.2. The van der Waals surface area contributed by atoms with E-state index in [1.807, 2.05) is 36.6 Å². The lowest BCUT2D eigenvalue weighted by molar-refractivity contribution is -0.115. The van der Waals surface area contributed by atoms with Crippen LogP contribution in [-0.4, -0.2) is 29.0 Å². The topological polar surface area (TPSA) is 71.3 Å². The number of hydrogen-bond acceptors (Lipinski definition) is 6. The Morgan fingerprint density at radius 2 is 2.08 bits per heavy atom. The Bertz CT molecular complexity index is 852. The van der Waals surface area contributed by atoms with E-state index in [-0.39, 0.29) is 12.3 Å². The Morgan fingerprint density at radius 1 is 1.27 bits per heavy atom. The van der Waals surface area contributed by atoms with Gasteiger partial charge in [-0.1, -0.05) is 6.07 Å². The summed E-state index contributed by atoms with van der Waals surface area (Å²) in [6.45, 7) is 7.80. The monoisotopic (exact) mass is 370 g/mol. The molecule has 3 heterocycles. The molecule has 1 amide bonds. The van der Waals surface area contributed by atoms with E-state index in [0.717, 1.165) is 23.8 Å². The number of carbonyl (C=O) groups excluding carboxylic acids is 1. The maximum absolute atomic E-state index is 12.3. The molecule has 26 heavy (non-hydrogen) atoms. The molecule has 0 aromatic carbocycles. The van der Waals surface area contributed by atoms with Crippen LogP contribution in [0, 0.1) is 6.92 Å². The first kappa shape index (κ1) is 18.1. The molecule has 0 radical (unpaired) electrons. The van der Waals surface area contributed by atoms with Crippen molar-refractivity contribution in [2.24, 2.45) is 0 Å². The third-order valence-electron chi connectivity index (χ3n) is 4.07. The van der Waals surface area contributed by atoms with E-state index in [1.54, 1.807) is 17.5 Å². The molecule has 6 nitrogen and oxygen atoms in total. The molecular weight excluding hydrogens is 348 g/mol. The molecule has 0 atom stereocenters. The van der Waals surface area contributed by atoms with Gasteiger partial charge in [-0.25, -0.2) is 9.97 Å². The molecule has 0 aliphatic rings. The van der Waals surface area contributed by atoms with Crippen molar-refractivity contribution in [1.82, 2.24) is 9.97 Å².